The summed E-state index contributed by atoms with van der Waals surface area (Å²) in [6, 6.07) is 10.1. The van der Waals surface area contributed by atoms with Gasteiger partial charge in [0.05, 0.1) is 17.1 Å². The molecule has 6 heterocycles. The van der Waals surface area contributed by atoms with Crippen molar-refractivity contribution in [2.24, 2.45) is 12.5 Å². The molecule has 3 aromatic heterocycles. The molecule has 0 saturated carbocycles. The number of hydrogen-bond donors (Lipinski definition) is 1. The lowest BCUT2D eigenvalue weighted by molar-refractivity contribution is -0.111. The lowest BCUT2D eigenvalue weighted by Crippen LogP contribution is -2.56. The predicted octanol–water partition coefficient (Wildman–Crippen LogP) is 5.34. The predicted molar refractivity (Wildman–Crippen MR) is 212 cm³/mol. The fourth-order valence-electron chi connectivity index (χ4n) is 8.91. The molecule has 0 spiro atoms. The average molecular weight is 747 g/mol. The van der Waals surface area contributed by atoms with Crippen LogP contribution in [0, 0.1) is 12.3 Å². The largest absolute Gasteiger partial charge is 0.435 e. The van der Waals surface area contributed by atoms with Crippen LogP contribution in [-0.4, -0.2) is 87.3 Å². The highest BCUT2D eigenvalue weighted by Crippen LogP contribution is 2.40. The third-order valence-corrected chi connectivity index (χ3v) is 11.7. The summed E-state index contributed by atoms with van der Waals surface area (Å²) in [5, 5.41) is 2.96. The van der Waals surface area contributed by atoms with Gasteiger partial charge in [-0.25, -0.2) is 9.97 Å². The molecule has 1 atom stereocenters. The van der Waals surface area contributed by atoms with E-state index in [1.54, 1.807) is 36.5 Å². The van der Waals surface area contributed by atoms with E-state index in [9.17, 15) is 14.4 Å². The third-order valence-electron chi connectivity index (χ3n) is 11.7. The smallest absolute Gasteiger partial charge is 0.313 e. The van der Waals surface area contributed by atoms with Crippen LogP contribution in [0.3, 0.4) is 0 Å². The van der Waals surface area contributed by atoms with Crippen molar-refractivity contribution in [1.82, 2.24) is 24.0 Å². The normalized spacial score (nSPS) is 19.9. The molecule has 4 aliphatic rings. The fraction of sp³-hybridized carbons (Fsp3) is 0.452. The Labute approximate surface area is 321 Å². The summed E-state index contributed by atoms with van der Waals surface area (Å²) >= 11 is 0. The van der Waals surface area contributed by atoms with Crippen LogP contribution < -0.4 is 25.4 Å². The number of amides is 2. The van der Waals surface area contributed by atoms with Crippen LogP contribution in [0.25, 0.3) is 11.3 Å². The van der Waals surface area contributed by atoms with Crippen molar-refractivity contribution < 1.29 is 19.1 Å². The van der Waals surface area contributed by atoms with Gasteiger partial charge in [-0.1, -0.05) is 20.4 Å². The quantitative estimate of drug-likeness (QED) is 0.238. The first-order valence-electron chi connectivity index (χ1n) is 19.3. The molecule has 0 bridgehead atoms. The Morgan fingerprint density at radius 1 is 1.07 bits per heavy atom. The zero-order valence-corrected chi connectivity index (χ0v) is 32.4. The maximum absolute atomic E-state index is 13.9. The number of benzene rings is 1. The van der Waals surface area contributed by atoms with E-state index in [4.69, 9.17) is 14.5 Å². The molecule has 1 aromatic carbocycles. The number of fused-ring (bicyclic) bond motifs is 3. The molecule has 3 aliphatic heterocycles. The van der Waals surface area contributed by atoms with E-state index in [0.717, 1.165) is 75.3 Å². The Hall–Kier alpha value is -5.27. The van der Waals surface area contributed by atoms with Crippen molar-refractivity contribution in [1.29, 1.82) is 0 Å². The zero-order chi connectivity index (χ0) is 38.6. The Balaban J connectivity index is 1.05. The van der Waals surface area contributed by atoms with Gasteiger partial charge in [0.25, 0.3) is 11.8 Å². The summed E-state index contributed by atoms with van der Waals surface area (Å²) in [7, 11) is 1.65. The number of nitrogens with zero attached hydrogens (tertiary/aromatic N) is 7. The second-order valence-electron chi connectivity index (χ2n) is 16.1. The molecule has 2 amide bonds. The summed E-state index contributed by atoms with van der Waals surface area (Å²) in [5.41, 5.74) is 6.45. The number of ether oxygens (including phenoxy) is 2. The van der Waals surface area contributed by atoms with Crippen LogP contribution in [0.2, 0.25) is 0 Å². The number of nitrogens with one attached hydrogen (secondary N) is 1. The topological polar surface area (TPSA) is 127 Å². The SMILES string of the molecule is C=CC(=O)Nc1cc(Oc2nc(-c3ccnc(N4CCn5c(cc6c5CC(C)(C)C6)C4=O)c3C)cn(C)c2=O)ccc1N1CCN(C2CCOCC2)CC1C. The minimum atomic E-state index is -0.419. The highest BCUT2D eigenvalue weighted by Gasteiger charge is 2.37. The molecule has 288 valence electrons. The molecule has 2 saturated heterocycles. The lowest BCUT2D eigenvalue weighted by Gasteiger charge is -2.45. The monoisotopic (exact) mass is 746 g/mol. The maximum Gasteiger partial charge on any atom is 0.313 e. The molecule has 13 heteroatoms. The van der Waals surface area contributed by atoms with Crippen molar-refractivity contribution >= 4 is 29.0 Å². The number of carbonyl (C=O) groups excluding carboxylic acids is 2. The van der Waals surface area contributed by atoms with E-state index in [1.165, 1.54) is 21.9 Å². The zero-order valence-electron chi connectivity index (χ0n) is 32.4. The fourth-order valence-corrected chi connectivity index (χ4v) is 8.91. The summed E-state index contributed by atoms with van der Waals surface area (Å²) < 4.78 is 15.4. The highest BCUT2D eigenvalue weighted by molar-refractivity contribution is 6.06. The summed E-state index contributed by atoms with van der Waals surface area (Å²) in [6.45, 7) is 17.7. The Morgan fingerprint density at radius 2 is 1.87 bits per heavy atom. The number of hydrogen-bond acceptors (Lipinski definition) is 9. The minimum Gasteiger partial charge on any atom is -0.435 e. The van der Waals surface area contributed by atoms with Gasteiger partial charge in [0.1, 0.15) is 17.3 Å². The number of aryl methyl sites for hydroxylation is 1. The van der Waals surface area contributed by atoms with Crippen LogP contribution >= 0.6 is 0 Å². The molecule has 1 N–H and O–H groups in total. The van der Waals surface area contributed by atoms with Gasteiger partial charge in [0.2, 0.25) is 5.91 Å². The van der Waals surface area contributed by atoms with Crippen molar-refractivity contribution in [3.05, 3.63) is 88.2 Å². The van der Waals surface area contributed by atoms with E-state index >= 15 is 0 Å². The van der Waals surface area contributed by atoms with Crippen LogP contribution in [0.5, 0.6) is 11.6 Å². The number of anilines is 3. The van der Waals surface area contributed by atoms with Crippen molar-refractivity contribution in [3.8, 4) is 22.9 Å². The van der Waals surface area contributed by atoms with E-state index in [-0.39, 0.29) is 29.2 Å². The number of rotatable bonds is 8. The first kappa shape index (κ1) is 36.7. The van der Waals surface area contributed by atoms with Crippen LogP contribution in [0.1, 0.15) is 60.9 Å². The summed E-state index contributed by atoms with van der Waals surface area (Å²) in [4.78, 5) is 56.0. The molecule has 1 aliphatic carbocycles. The first-order valence-corrected chi connectivity index (χ1v) is 19.3. The molecule has 2 fully saturated rings. The third kappa shape index (κ3) is 6.95. The van der Waals surface area contributed by atoms with E-state index in [1.807, 2.05) is 19.1 Å². The summed E-state index contributed by atoms with van der Waals surface area (Å²) in [6.07, 6.45) is 8.59. The van der Waals surface area contributed by atoms with E-state index < -0.39 is 5.56 Å². The maximum atomic E-state index is 13.9. The van der Waals surface area contributed by atoms with Gasteiger partial charge in [-0.3, -0.25) is 24.2 Å². The molecule has 55 heavy (non-hydrogen) atoms. The Morgan fingerprint density at radius 3 is 2.64 bits per heavy atom. The molecule has 8 rings (SSSR count). The Kier molecular flexibility index (Phi) is 9.62. The van der Waals surface area contributed by atoms with E-state index in [2.05, 4.69) is 58.1 Å². The standard InChI is InChI=1S/C42H50N8O5/c1-7-37(51)44-32-21-30(8-9-34(32)48-15-14-47(24-26(48)2)29-11-18-54-19-12-29)55-39-41(53)46(6)25-33(45-39)31-10-13-43-38(27(31)3)50-17-16-49-35(40(50)52)20-28-22-42(4,5)23-36(28)49/h7-10,13,20-21,25-26,29H,1,11-12,14-19,22-24H2,2-6H3,(H,44,51). The second kappa shape index (κ2) is 14.4. The first-order chi connectivity index (χ1) is 26.4. The van der Waals surface area contributed by atoms with Crippen LogP contribution in [0.15, 0.2) is 60.2 Å². The van der Waals surface area contributed by atoms with Gasteiger partial charge >= 0.3 is 5.56 Å². The molecule has 1 unspecified atom stereocenters. The van der Waals surface area contributed by atoms with Crippen LogP contribution in [-0.2, 0) is 36.0 Å². The summed E-state index contributed by atoms with van der Waals surface area (Å²) in [5.74, 6) is 0.383. The molecule has 0 radical (unpaired) electrons. The number of carbonyl (C=O) groups is 2. The van der Waals surface area contributed by atoms with Crippen molar-refractivity contribution in [2.45, 2.75) is 72.0 Å². The van der Waals surface area contributed by atoms with Gasteiger partial charge in [-0.15, -0.1) is 0 Å². The molecular formula is C42H50N8O5. The minimum absolute atomic E-state index is 0.0676. The van der Waals surface area contributed by atoms with Gasteiger partial charge in [-0.2, -0.15) is 0 Å². The molecule has 13 nitrogen and oxygen atoms in total. The number of piperazine rings is 1. The van der Waals surface area contributed by atoms with Crippen LogP contribution in [0.4, 0.5) is 17.2 Å². The van der Waals surface area contributed by atoms with E-state index in [0.29, 0.717) is 47.8 Å². The van der Waals surface area contributed by atoms with Gasteiger partial charge < -0.3 is 28.8 Å². The Bertz CT molecular complexity index is 2230. The van der Waals surface area contributed by atoms with Gasteiger partial charge in [0, 0.05) is 100 Å². The van der Waals surface area contributed by atoms with Crippen molar-refractivity contribution in [3.63, 3.8) is 0 Å². The van der Waals surface area contributed by atoms with Gasteiger partial charge in [0.15, 0.2) is 0 Å². The second-order valence-corrected chi connectivity index (χ2v) is 16.1. The lowest BCUT2D eigenvalue weighted by atomic mass is 9.90. The highest BCUT2D eigenvalue weighted by atomic mass is 16.5. The molecular weight excluding hydrogens is 697 g/mol. The molecule has 4 aromatic rings. The van der Waals surface area contributed by atoms with Crippen molar-refractivity contribution in [2.75, 3.05) is 54.5 Å². The van der Waals surface area contributed by atoms with Gasteiger partial charge in [-0.05, 0) is 80.9 Å². The average Bonchev–Trinajstić information content (AvgIpc) is 3.66. The number of pyridine rings is 1. The number of aromatic nitrogens is 4.